The average Bonchev–Trinajstić information content (AvgIpc) is 2.83. The Hall–Kier alpha value is -1.13. The highest BCUT2D eigenvalue weighted by atomic mass is 35.5. The summed E-state index contributed by atoms with van der Waals surface area (Å²) in [5, 5.41) is 0. The Bertz CT molecular complexity index is 463. The van der Waals surface area contributed by atoms with Crippen molar-refractivity contribution in [2.24, 2.45) is 0 Å². The Morgan fingerprint density at radius 3 is 3.07 bits per heavy atom. The molecule has 0 aliphatic heterocycles. The lowest BCUT2D eigenvalue weighted by atomic mass is 10.3. The van der Waals surface area contributed by atoms with Crippen molar-refractivity contribution >= 4 is 29.2 Å². The third-order valence-electron chi connectivity index (χ3n) is 2.09. The van der Waals surface area contributed by atoms with E-state index < -0.39 is 0 Å². The van der Waals surface area contributed by atoms with Crippen molar-refractivity contribution in [3.8, 4) is 0 Å². The van der Waals surface area contributed by atoms with E-state index in [4.69, 9.17) is 11.6 Å². The predicted molar refractivity (Wildman–Crippen MR) is 60.6 cm³/mol. The second-order valence-electron chi connectivity index (χ2n) is 3.09. The van der Waals surface area contributed by atoms with Gasteiger partial charge in [0.05, 0.1) is 16.9 Å². The van der Waals surface area contributed by atoms with Gasteiger partial charge in [-0.2, -0.15) is 0 Å². The van der Waals surface area contributed by atoms with E-state index in [1.165, 1.54) is 4.88 Å². The molecule has 0 amide bonds. The van der Waals surface area contributed by atoms with Crippen LogP contribution in [0.3, 0.4) is 0 Å². The molecule has 0 fully saturated rings. The number of thiophene rings is 1. The lowest BCUT2D eigenvalue weighted by Crippen LogP contribution is -2.02. The van der Waals surface area contributed by atoms with Crippen LogP contribution in [0.2, 0.25) is 4.34 Å². The van der Waals surface area contributed by atoms with Crippen molar-refractivity contribution in [2.75, 3.05) is 0 Å². The zero-order valence-electron chi connectivity index (χ0n) is 7.89. The number of rotatable bonds is 4. The first kappa shape index (κ1) is 10.4. The van der Waals surface area contributed by atoms with E-state index in [9.17, 15) is 4.79 Å². The van der Waals surface area contributed by atoms with E-state index in [-0.39, 0.29) is 0 Å². The Morgan fingerprint density at radius 1 is 1.53 bits per heavy atom. The highest BCUT2D eigenvalue weighted by Gasteiger charge is 2.02. The molecule has 0 unspecified atom stereocenters. The van der Waals surface area contributed by atoms with Crippen molar-refractivity contribution in [1.82, 2.24) is 9.55 Å². The standard InChI is InChI=1S/C10H9ClN2OS/c11-10-2-1-9(15-10)3-4-13-7-12-5-8(13)6-14/h1-2,5-7H,3-4H2. The first-order valence-corrected chi connectivity index (χ1v) is 5.68. The molecular formula is C10H9ClN2OS. The Labute approximate surface area is 96.3 Å². The van der Waals surface area contributed by atoms with Crippen molar-refractivity contribution < 1.29 is 4.79 Å². The molecule has 0 aliphatic rings. The maximum atomic E-state index is 10.6. The minimum atomic E-state index is 0.609. The zero-order chi connectivity index (χ0) is 10.7. The Kier molecular flexibility index (Phi) is 3.18. The van der Waals surface area contributed by atoms with Crippen molar-refractivity contribution in [2.45, 2.75) is 13.0 Å². The first-order valence-electron chi connectivity index (χ1n) is 4.49. The minimum Gasteiger partial charge on any atom is -0.328 e. The van der Waals surface area contributed by atoms with E-state index in [1.807, 2.05) is 16.7 Å². The van der Waals surface area contributed by atoms with Crippen LogP contribution in [0.25, 0.3) is 0 Å². The van der Waals surface area contributed by atoms with Gasteiger partial charge in [0.25, 0.3) is 0 Å². The van der Waals surface area contributed by atoms with E-state index >= 15 is 0 Å². The van der Waals surface area contributed by atoms with Crippen LogP contribution in [-0.4, -0.2) is 15.8 Å². The maximum Gasteiger partial charge on any atom is 0.168 e. The van der Waals surface area contributed by atoms with Gasteiger partial charge >= 0.3 is 0 Å². The molecule has 0 aliphatic carbocycles. The lowest BCUT2D eigenvalue weighted by molar-refractivity contribution is 0.111. The normalized spacial score (nSPS) is 10.5. The second kappa shape index (κ2) is 4.59. The zero-order valence-corrected chi connectivity index (χ0v) is 9.46. The van der Waals surface area contributed by atoms with Gasteiger partial charge in [-0.25, -0.2) is 4.98 Å². The Balaban J connectivity index is 2.01. The molecule has 0 saturated carbocycles. The third-order valence-corrected chi connectivity index (χ3v) is 3.38. The highest BCUT2D eigenvalue weighted by Crippen LogP contribution is 2.22. The third kappa shape index (κ3) is 2.46. The van der Waals surface area contributed by atoms with Gasteiger partial charge < -0.3 is 4.57 Å². The van der Waals surface area contributed by atoms with E-state index in [0.717, 1.165) is 23.6 Å². The minimum absolute atomic E-state index is 0.609. The molecule has 0 bridgehead atoms. The molecule has 2 rings (SSSR count). The summed E-state index contributed by atoms with van der Waals surface area (Å²) < 4.78 is 2.63. The molecule has 15 heavy (non-hydrogen) atoms. The molecular weight excluding hydrogens is 232 g/mol. The fourth-order valence-corrected chi connectivity index (χ4v) is 2.41. The SMILES string of the molecule is O=Cc1cncn1CCc1ccc(Cl)s1. The molecule has 0 aromatic carbocycles. The number of imidazole rings is 1. The molecule has 3 nitrogen and oxygen atoms in total. The number of hydrogen-bond donors (Lipinski definition) is 0. The number of carbonyl (C=O) groups excluding carboxylic acids is 1. The van der Waals surface area contributed by atoms with Crippen LogP contribution < -0.4 is 0 Å². The molecule has 2 aromatic rings. The molecule has 0 spiro atoms. The number of halogens is 1. The maximum absolute atomic E-state index is 10.6. The first-order chi connectivity index (χ1) is 7.29. The number of aromatic nitrogens is 2. The van der Waals surface area contributed by atoms with E-state index in [1.54, 1.807) is 23.9 Å². The summed E-state index contributed by atoms with van der Waals surface area (Å²) in [5.74, 6) is 0. The largest absolute Gasteiger partial charge is 0.328 e. The van der Waals surface area contributed by atoms with Crippen LogP contribution in [-0.2, 0) is 13.0 Å². The predicted octanol–water partition coefficient (Wildman–Crippen LogP) is 2.65. The smallest absolute Gasteiger partial charge is 0.168 e. The van der Waals surface area contributed by atoms with Crippen LogP contribution in [0.4, 0.5) is 0 Å². The summed E-state index contributed by atoms with van der Waals surface area (Å²) in [5.41, 5.74) is 0.609. The molecule has 0 radical (unpaired) electrons. The Morgan fingerprint density at radius 2 is 2.40 bits per heavy atom. The number of nitrogens with zero attached hydrogens (tertiary/aromatic N) is 2. The summed E-state index contributed by atoms with van der Waals surface area (Å²) in [6, 6.07) is 3.89. The van der Waals surface area contributed by atoms with E-state index in [2.05, 4.69) is 4.98 Å². The molecule has 0 saturated heterocycles. The molecule has 0 N–H and O–H groups in total. The second-order valence-corrected chi connectivity index (χ2v) is 4.89. The summed E-state index contributed by atoms with van der Waals surface area (Å²) in [6.07, 6.45) is 4.91. The fraction of sp³-hybridized carbons (Fsp3) is 0.200. The number of hydrogen-bond acceptors (Lipinski definition) is 3. The van der Waals surface area contributed by atoms with Crippen LogP contribution in [0, 0.1) is 0 Å². The lowest BCUT2D eigenvalue weighted by Gasteiger charge is -2.01. The number of aryl methyl sites for hydroxylation is 2. The van der Waals surface area contributed by atoms with Crippen molar-refractivity contribution in [3.05, 3.63) is 39.6 Å². The van der Waals surface area contributed by atoms with Gasteiger partial charge in [-0.3, -0.25) is 4.79 Å². The van der Waals surface area contributed by atoms with Crippen LogP contribution in [0.15, 0.2) is 24.7 Å². The summed E-state index contributed by atoms with van der Waals surface area (Å²) in [4.78, 5) is 15.8. The number of aldehydes is 1. The summed E-state index contributed by atoms with van der Waals surface area (Å²) in [7, 11) is 0. The van der Waals surface area contributed by atoms with Crippen LogP contribution in [0.5, 0.6) is 0 Å². The van der Waals surface area contributed by atoms with Gasteiger partial charge in [0.2, 0.25) is 0 Å². The summed E-state index contributed by atoms with van der Waals surface area (Å²) >= 11 is 7.39. The quantitative estimate of drug-likeness (QED) is 0.771. The fourth-order valence-electron chi connectivity index (χ4n) is 1.33. The van der Waals surface area contributed by atoms with Gasteiger partial charge in [-0.15, -0.1) is 11.3 Å². The molecule has 78 valence electrons. The molecule has 5 heteroatoms. The number of carbonyl (C=O) groups is 1. The van der Waals surface area contributed by atoms with Gasteiger partial charge in [0.15, 0.2) is 6.29 Å². The molecule has 2 heterocycles. The van der Waals surface area contributed by atoms with Crippen molar-refractivity contribution in [3.63, 3.8) is 0 Å². The van der Waals surface area contributed by atoms with Gasteiger partial charge in [-0.05, 0) is 18.6 Å². The van der Waals surface area contributed by atoms with Crippen LogP contribution >= 0.6 is 22.9 Å². The molecule has 0 atom stereocenters. The van der Waals surface area contributed by atoms with Crippen LogP contribution in [0.1, 0.15) is 15.4 Å². The molecule has 2 aromatic heterocycles. The van der Waals surface area contributed by atoms with E-state index in [0.29, 0.717) is 5.69 Å². The summed E-state index contributed by atoms with van der Waals surface area (Å²) in [6.45, 7) is 0.755. The van der Waals surface area contributed by atoms with Gasteiger partial charge in [-0.1, -0.05) is 11.6 Å². The topological polar surface area (TPSA) is 34.9 Å². The van der Waals surface area contributed by atoms with Crippen molar-refractivity contribution in [1.29, 1.82) is 0 Å². The van der Waals surface area contributed by atoms with Gasteiger partial charge in [0, 0.05) is 11.4 Å². The van der Waals surface area contributed by atoms with Gasteiger partial charge in [0.1, 0.15) is 5.69 Å². The monoisotopic (exact) mass is 240 g/mol. The highest BCUT2D eigenvalue weighted by molar-refractivity contribution is 7.16. The average molecular weight is 241 g/mol.